The van der Waals surface area contributed by atoms with Crippen molar-refractivity contribution in [3.63, 3.8) is 0 Å². The van der Waals surface area contributed by atoms with Crippen LogP contribution in [-0.2, 0) is 0 Å². The molecule has 0 heterocycles. The van der Waals surface area contributed by atoms with Crippen molar-refractivity contribution < 1.29 is 9.53 Å². The molecule has 4 nitrogen and oxygen atoms in total. The van der Waals surface area contributed by atoms with Crippen LogP contribution in [0.1, 0.15) is 11.1 Å². The first-order valence-corrected chi connectivity index (χ1v) is 4.91. The van der Waals surface area contributed by atoms with Crippen LogP contribution < -0.4 is 4.74 Å². The molecule has 0 saturated carbocycles. The van der Waals surface area contributed by atoms with Crippen LogP contribution in [-0.4, -0.2) is 24.6 Å². The summed E-state index contributed by atoms with van der Waals surface area (Å²) >= 11 is 0. The highest BCUT2D eigenvalue weighted by Crippen LogP contribution is 2.16. The Morgan fingerprint density at radius 2 is 2.12 bits per heavy atom. The normalized spacial score (nSPS) is 9.38. The molecule has 0 aliphatic carbocycles. The number of carbonyl (C=O) groups is 1. The summed E-state index contributed by atoms with van der Waals surface area (Å²) in [6.45, 7) is 3.96. The number of amides is 1. The van der Waals surface area contributed by atoms with Gasteiger partial charge in [0.05, 0.1) is 6.07 Å². The van der Waals surface area contributed by atoms with Crippen LogP contribution in [0.5, 0.6) is 5.75 Å². The van der Waals surface area contributed by atoms with Gasteiger partial charge in [0.15, 0.2) is 0 Å². The average Bonchev–Trinajstić information content (AvgIpc) is 2.24. The third-order valence-corrected chi connectivity index (χ3v) is 2.30. The average molecular weight is 218 g/mol. The molecule has 0 aliphatic heterocycles. The minimum absolute atomic E-state index is 0.0175. The number of aryl methyl sites for hydroxylation is 2. The Kier molecular flexibility index (Phi) is 3.90. The Labute approximate surface area is 95.0 Å². The molecule has 0 atom stereocenters. The zero-order chi connectivity index (χ0) is 12.1. The van der Waals surface area contributed by atoms with Gasteiger partial charge in [-0.15, -0.1) is 0 Å². The Morgan fingerprint density at radius 3 is 2.69 bits per heavy atom. The van der Waals surface area contributed by atoms with E-state index in [0.29, 0.717) is 5.75 Å². The molecule has 0 aromatic heterocycles. The van der Waals surface area contributed by atoms with Crippen LogP contribution in [0.4, 0.5) is 4.79 Å². The van der Waals surface area contributed by atoms with E-state index in [1.807, 2.05) is 26.0 Å². The lowest BCUT2D eigenvalue weighted by atomic mass is 10.1. The van der Waals surface area contributed by atoms with E-state index in [1.165, 1.54) is 11.9 Å². The topological polar surface area (TPSA) is 53.3 Å². The minimum Gasteiger partial charge on any atom is -0.410 e. The first kappa shape index (κ1) is 12.1. The lowest BCUT2D eigenvalue weighted by Gasteiger charge is -2.13. The molecule has 0 N–H and O–H groups in total. The van der Waals surface area contributed by atoms with Gasteiger partial charge in [-0.1, -0.05) is 6.07 Å². The molecule has 0 fully saturated rings. The van der Waals surface area contributed by atoms with Gasteiger partial charge in [-0.25, -0.2) is 4.79 Å². The standard InChI is InChI=1S/C12H14N2O2/c1-9-4-5-11(8-10(9)2)16-12(15)14(3)7-6-13/h4-5,8H,7H2,1-3H3. The highest BCUT2D eigenvalue weighted by Gasteiger charge is 2.10. The summed E-state index contributed by atoms with van der Waals surface area (Å²) in [6, 6.07) is 7.31. The maximum absolute atomic E-state index is 11.5. The monoisotopic (exact) mass is 218 g/mol. The lowest BCUT2D eigenvalue weighted by molar-refractivity contribution is 0.168. The lowest BCUT2D eigenvalue weighted by Crippen LogP contribution is -2.29. The van der Waals surface area contributed by atoms with Gasteiger partial charge in [0.2, 0.25) is 0 Å². The molecule has 0 aliphatic rings. The van der Waals surface area contributed by atoms with Crippen molar-refractivity contribution in [2.24, 2.45) is 0 Å². The summed E-state index contributed by atoms with van der Waals surface area (Å²) in [7, 11) is 1.52. The van der Waals surface area contributed by atoms with Gasteiger partial charge in [0.25, 0.3) is 0 Å². The van der Waals surface area contributed by atoms with E-state index >= 15 is 0 Å². The minimum atomic E-state index is -0.523. The van der Waals surface area contributed by atoms with Gasteiger partial charge >= 0.3 is 6.09 Å². The fourth-order valence-corrected chi connectivity index (χ4v) is 1.13. The molecule has 0 radical (unpaired) electrons. The summed E-state index contributed by atoms with van der Waals surface area (Å²) < 4.78 is 5.10. The van der Waals surface area contributed by atoms with E-state index in [1.54, 1.807) is 12.1 Å². The Balaban J connectivity index is 2.70. The van der Waals surface area contributed by atoms with Gasteiger partial charge in [-0.05, 0) is 37.1 Å². The van der Waals surface area contributed by atoms with Crippen molar-refractivity contribution in [3.05, 3.63) is 29.3 Å². The van der Waals surface area contributed by atoms with Crippen molar-refractivity contribution in [2.75, 3.05) is 13.6 Å². The fraction of sp³-hybridized carbons (Fsp3) is 0.333. The van der Waals surface area contributed by atoms with Crippen LogP contribution >= 0.6 is 0 Å². The van der Waals surface area contributed by atoms with E-state index in [0.717, 1.165) is 11.1 Å². The molecular formula is C12H14N2O2. The third kappa shape index (κ3) is 2.99. The summed E-state index contributed by atoms with van der Waals surface area (Å²) in [4.78, 5) is 12.7. The van der Waals surface area contributed by atoms with Gasteiger partial charge in [-0.2, -0.15) is 5.26 Å². The predicted molar refractivity (Wildman–Crippen MR) is 60.2 cm³/mol. The number of rotatable bonds is 2. The maximum atomic E-state index is 11.5. The highest BCUT2D eigenvalue weighted by molar-refractivity contribution is 5.70. The van der Waals surface area contributed by atoms with E-state index in [-0.39, 0.29) is 6.54 Å². The van der Waals surface area contributed by atoms with Crippen molar-refractivity contribution in [3.8, 4) is 11.8 Å². The number of carbonyl (C=O) groups excluding carboxylic acids is 1. The molecule has 0 saturated heterocycles. The van der Waals surface area contributed by atoms with Crippen LogP contribution in [0.3, 0.4) is 0 Å². The fourth-order valence-electron chi connectivity index (χ4n) is 1.13. The molecule has 1 aromatic carbocycles. The number of benzene rings is 1. The Morgan fingerprint density at radius 1 is 1.44 bits per heavy atom. The molecule has 1 rings (SSSR count). The summed E-state index contributed by atoms with van der Waals surface area (Å²) in [5.41, 5.74) is 2.21. The first-order valence-electron chi connectivity index (χ1n) is 4.91. The summed E-state index contributed by atoms with van der Waals surface area (Å²) in [6.07, 6.45) is -0.523. The number of ether oxygens (including phenoxy) is 1. The number of nitriles is 1. The molecule has 0 unspecified atom stereocenters. The second kappa shape index (κ2) is 5.17. The zero-order valence-corrected chi connectivity index (χ0v) is 9.65. The van der Waals surface area contributed by atoms with Crippen molar-refractivity contribution in [1.29, 1.82) is 5.26 Å². The molecule has 4 heteroatoms. The van der Waals surface area contributed by atoms with E-state index in [2.05, 4.69) is 0 Å². The zero-order valence-electron chi connectivity index (χ0n) is 9.65. The number of hydrogen-bond donors (Lipinski definition) is 0. The van der Waals surface area contributed by atoms with Crippen molar-refractivity contribution >= 4 is 6.09 Å². The van der Waals surface area contributed by atoms with Gasteiger partial charge in [0.1, 0.15) is 12.3 Å². The maximum Gasteiger partial charge on any atom is 0.415 e. The molecular weight excluding hydrogens is 204 g/mol. The van der Waals surface area contributed by atoms with Crippen LogP contribution in [0.25, 0.3) is 0 Å². The van der Waals surface area contributed by atoms with E-state index in [9.17, 15) is 4.79 Å². The molecule has 0 spiro atoms. The molecule has 1 aromatic rings. The van der Waals surface area contributed by atoms with Crippen LogP contribution in [0, 0.1) is 25.2 Å². The van der Waals surface area contributed by atoms with E-state index in [4.69, 9.17) is 10.00 Å². The second-order valence-corrected chi connectivity index (χ2v) is 3.63. The molecule has 1 amide bonds. The van der Waals surface area contributed by atoms with Crippen LogP contribution in [0.15, 0.2) is 18.2 Å². The quantitative estimate of drug-likeness (QED) is 0.715. The Hall–Kier alpha value is -2.02. The number of hydrogen-bond acceptors (Lipinski definition) is 3. The predicted octanol–water partition coefficient (Wildman–Crippen LogP) is 2.26. The molecule has 84 valence electrons. The molecule has 0 bridgehead atoms. The molecule has 16 heavy (non-hydrogen) atoms. The largest absolute Gasteiger partial charge is 0.415 e. The van der Waals surface area contributed by atoms with Crippen molar-refractivity contribution in [2.45, 2.75) is 13.8 Å². The summed E-state index contributed by atoms with van der Waals surface area (Å²) in [5.74, 6) is 0.498. The van der Waals surface area contributed by atoms with Gasteiger partial charge < -0.3 is 4.74 Å². The Bertz CT molecular complexity index is 435. The third-order valence-electron chi connectivity index (χ3n) is 2.30. The smallest absolute Gasteiger partial charge is 0.410 e. The number of nitrogens with zero attached hydrogens (tertiary/aromatic N) is 2. The van der Waals surface area contributed by atoms with Crippen molar-refractivity contribution in [1.82, 2.24) is 4.90 Å². The first-order chi connectivity index (χ1) is 7.54. The summed E-state index contributed by atoms with van der Waals surface area (Å²) in [5, 5.41) is 8.43. The van der Waals surface area contributed by atoms with Gasteiger partial charge in [-0.3, -0.25) is 4.90 Å². The van der Waals surface area contributed by atoms with Crippen LogP contribution in [0.2, 0.25) is 0 Å². The van der Waals surface area contributed by atoms with E-state index < -0.39 is 6.09 Å². The van der Waals surface area contributed by atoms with Gasteiger partial charge in [0, 0.05) is 7.05 Å². The highest BCUT2D eigenvalue weighted by atomic mass is 16.6. The SMILES string of the molecule is Cc1ccc(OC(=O)N(C)CC#N)cc1C. The second-order valence-electron chi connectivity index (χ2n) is 3.63.